The van der Waals surface area contributed by atoms with E-state index in [0.29, 0.717) is 36.2 Å². The topological polar surface area (TPSA) is 98.1 Å². The summed E-state index contributed by atoms with van der Waals surface area (Å²) in [6.45, 7) is 6.94. The first-order chi connectivity index (χ1) is 17.0. The highest BCUT2D eigenvalue weighted by atomic mass is 19.1. The molecule has 1 N–H and O–H groups in total. The van der Waals surface area contributed by atoms with Gasteiger partial charge >= 0.3 is 0 Å². The molecule has 2 aliphatic heterocycles. The van der Waals surface area contributed by atoms with Gasteiger partial charge in [-0.1, -0.05) is 6.92 Å². The lowest BCUT2D eigenvalue weighted by Gasteiger charge is -2.30. The minimum Gasteiger partial charge on any atom is -0.381 e. The zero-order valence-electron chi connectivity index (χ0n) is 20.1. The van der Waals surface area contributed by atoms with Crippen molar-refractivity contribution in [3.05, 3.63) is 48.1 Å². The van der Waals surface area contributed by atoms with Crippen molar-refractivity contribution < 1.29 is 13.9 Å². The fourth-order valence-corrected chi connectivity index (χ4v) is 4.90. The molecule has 2 fully saturated rings. The van der Waals surface area contributed by atoms with Gasteiger partial charge < -0.3 is 19.5 Å². The van der Waals surface area contributed by atoms with Crippen LogP contribution in [0.1, 0.15) is 55.0 Å². The molecular weight excluding hydrogens is 449 g/mol. The van der Waals surface area contributed by atoms with E-state index in [1.54, 1.807) is 24.5 Å². The van der Waals surface area contributed by atoms with Crippen molar-refractivity contribution in [3.8, 4) is 11.4 Å². The van der Waals surface area contributed by atoms with Gasteiger partial charge in [0.25, 0.3) is 5.91 Å². The van der Waals surface area contributed by atoms with E-state index in [4.69, 9.17) is 4.74 Å². The standard InChI is InChI=1S/C25H30FN7O2/c1-16-4-3-9-32(15-16)24(34)21-6-5-18(12-28-21)30-25-29-13-20(26)23(31-25)22-14-27-17(2)33(22)19-7-10-35-11-8-19/h5-6,12-14,16,19H,3-4,7-11,15H2,1-2H3,(H,29,30,31). The molecule has 5 heterocycles. The fourth-order valence-electron chi connectivity index (χ4n) is 4.90. The molecule has 2 aliphatic rings. The van der Waals surface area contributed by atoms with Crippen LogP contribution in [0.5, 0.6) is 0 Å². The van der Waals surface area contributed by atoms with Crippen molar-refractivity contribution in [1.29, 1.82) is 0 Å². The molecule has 184 valence electrons. The Labute approximate surface area is 203 Å². The number of ether oxygens (including phenoxy) is 1. The minimum atomic E-state index is -0.515. The lowest BCUT2D eigenvalue weighted by Crippen LogP contribution is -2.39. The number of hydrogen-bond acceptors (Lipinski definition) is 7. The third kappa shape index (κ3) is 5.02. The van der Waals surface area contributed by atoms with Crippen LogP contribution >= 0.6 is 0 Å². The summed E-state index contributed by atoms with van der Waals surface area (Å²) in [5.41, 5.74) is 1.82. The Morgan fingerprint density at radius 1 is 1.11 bits per heavy atom. The van der Waals surface area contributed by atoms with Crippen LogP contribution in [-0.2, 0) is 4.74 Å². The highest BCUT2D eigenvalue weighted by Gasteiger charge is 2.24. The SMILES string of the molecule is Cc1ncc(-c2nc(Nc3ccc(C(=O)N4CCCC(C)C4)nc3)ncc2F)n1C1CCOCC1. The summed E-state index contributed by atoms with van der Waals surface area (Å²) in [6.07, 6.45) is 8.24. The van der Waals surface area contributed by atoms with E-state index < -0.39 is 5.82 Å². The average Bonchev–Trinajstić information content (AvgIpc) is 3.27. The third-order valence-corrected chi connectivity index (χ3v) is 6.71. The molecule has 0 bridgehead atoms. The Bertz CT molecular complexity index is 1190. The zero-order chi connectivity index (χ0) is 24.4. The number of amides is 1. The molecule has 0 spiro atoms. The summed E-state index contributed by atoms with van der Waals surface area (Å²) in [5, 5.41) is 3.07. The van der Waals surface area contributed by atoms with Crippen molar-refractivity contribution in [2.24, 2.45) is 5.92 Å². The normalized spacial score (nSPS) is 19.1. The maximum Gasteiger partial charge on any atom is 0.272 e. The molecule has 35 heavy (non-hydrogen) atoms. The predicted molar refractivity (Wildman–Crippen MR) is 129 cm³/mol. The molecule has 0 aliphatic carbocycles. The smallest absolute Gasteiger partial charge is 0.272 e. The minimum absolute atomic E-state index is 0.0554. The summed E-state index contributed by atoms with van der Waals surface area (Å²) < 4.78 is 22.3. The van der Waals surface area contributed by atoms with Gasteiger partial charge in [-0.25, -0.2) is 24.3 Å². The summed E-state index contributed by atoms with van der Waals surface area (Å²) in [4.78, 5) is 32.0. The molecule has 1 atom stereocenters. The molecule has 1 amide bonds. The number of carbonyl (C=O) groups excluding carboxylic acids is 1. The van der Waals surface area contributed by atoms with Crippen LogP contribution in [0.15, 0.2) is 30.7 Å². The van der Waals surface area contributed by atoms with Gasteiger partial charge in [-0.3, -0.25) is 4.79 Å². The summed E-state index contributed by atoms with van der Waals surface area (Å²) in [5.74, 6) is 0.986. The Morgan fingerprint density at radius 3 is 2.69 bits per heavy atom. The highest BCUT2D eigenvalue weighted by Crippen LogP contribution is 2.31. The van der Waals surface area contributed by atoms with E-state index in [0.717, 1.165) is 50.8 Å². The molecule has 1 unspecified atom stereocenters. The number of nitrogens with one attached hydrogen (secondary N) is 1. The van der Waals surface area contributed by atoms with E-state index in [9.17, 15) is 9.18 Å². The van der Waals surface area contributed by atoms with Gasteiger partial charge in [-0.2, -0.15) is 0 Å². The first kappa shape index (κ1) is 23.3. The summed E-state index contributed by atoms with van der Waals surface area (Å²) in [6, 6.07) is 3.64. The van der Waals surface area contributed by atoms with Gasteiger partial charge in [-0.15, -0.1) is 0 Å². The predicted octanol–water partition coefficient (Wildman–Crippen LogP) is 4.15. The highest BCUT2D eigenvalue weighted by molar-refractivity contribution is 5.92. The number of aryl methyl sites for hydroxylation is 1. The van der Waals surface area contributed by atoms with Crippen LogP contribution < -0.4 is 5.32 Å². The van der Waals surface area contributed by atoms with E-state index in [1.807, 2.05) is 16.4 Å². The Morgan fingerprint density at radius 2 is 1.94 bits per heavy atom. The lowest BCUT2D eigenvalue weighted by molar-refractivity contribution is 0.0676. The second kappa shape index (κ2) is 10.1. The number of carbonyl (C=O) groups is 1. The van der Waals surface area contributed by atoms with Crippen LogP contribution in [-0.4, -0.2) is 61.6 Å². The van der Waals surface area contributed by atoms with E-state index in [2.05, 4.69) is 32.2 Å². The number of likely N-dealkylation sites (tertiary alicyclic amines) is 1. The van der Waals surface area contributed by atoms with Crippen molar-refractivity contribution in [2.75, 3.05) is 31.6 Å². The van der Waals surface area contributed by atoms with Crippen LogP contribution in [0.2, 0.25) is 0 Å². The number of piperidine rings is 1. The second-order valence-corrected chi connectivity index (χ2v) is 9.35. The largest absolute Gasteiger partial charge is 0.381 e. The average molecular weight is 480 g/mol. The number of anilines is 2. The molecule has 0 radical (unpaired) electrons. The number of nitrogens with zero attached hydrogens (tertiary/aromatic N) is 6. The maximum absolute atomic E-state index is 14.8. The van der Waals surface area contributed by atoms with Crippen molar-refractivity contribution in [1.82, 2.24) is 29.4 Å². The van der Waals surface area contributed by atoms with Crippen LogP contribution in [0, 0.1) is 18.7 Å². The van der Waals surface area contributed by atoms with Gasteiger partial charge in [-0.05, 0) is 50.7 Å². The number of aromatic nitrogens is 5. The number of imidazole rings is 1. The van der Waals surface area contributed by atoms with Gasteiger partial charge in [0.1, 0.15) is 17.2 Å². The molecule has 3 aromatic rings. The number of hydrogen-bond donors (Lipinski definition) is 1. The van der Waals surface area contributed by atoms with Crippen molar-refractivity contribution >= 4 is 17.5 Å². The number of halogens is 1. The van der Waals surface area contributed by atoms with Gasteiger partial charge in [0.15, 0.2) is 5.82 Å². The summed E-state index contributed by atoms with van der Waals surface area (Å²) >= 11 is 0. The quantitative estimate of drug-likeness (QED) is 0.587. The third-order valence-electron chi connectivity index (χ3n) is 6.71. The number of pyridine rings is 1. The van der Waals surface area contributed by atoms with Crippen LogP contribution in [0.4, 0.5) is 16.0 Å². The molecule has 2 saturated heterocycles. The van der Waals surface area contributed by atoms with E-state index in [-0.39, 0.29) is 23.6 Å². The van der Waals surface area contributed by atoms with Crippen LogP contribution in [0.3, 0.4) is 0 Å². The Hall–Kier alpha value is -3.40. The Kier molecular flexibility index (Phi) is 6.72. The molecular formula is C25H30FN7O2. The van der Waals surface area contributed by atoms with E-state index in [1.165, 1.54) is 0 Å². The first-order valence-corrected chi connectivity index (χ1v) is 12.2. The molecule has 3 aromatic heterocycles. The molecule has 9 nitrogen and oxygen atoms in total. The van der Waals surface area contributed by atoms with Gasteiger partial charge in [0, 0.05) is 32.3 Å². The molecule has 0 saturated carbocycles. The summed E-state index contributed by atoms with van der Waals surface area (Å²) in [7, 11) is 0. The maximum atomic E-state index is 14.8. The lowest BCUT2D eigenvalue weighted by atomic mass is 10.00. The van der Waals surface area contributed by atoms with Crippen LogP contribution in [0.25, 0.3) is 11.4 Å². The van der Waals surface area contributed by atoms with Crippen molar-refractivity contribution in [3.63, 3.8) is 0 Å². The zero-order valence-corrected chi connectivity index (χ0v) is 20.1. The molecule has 10 heteroatoms. The van der Waals surface area contributed by atoms with Gasteiger partial charge in [0.2, 0.25) is 5.95 Å². The van der Waals surface area contributed by atoms with Crippen molar-refractivity contribution in [2.45, 2.75) is 45.6 Å². The Balaban J connectivity index is 1.34. The first-order valence-electron chi connectivity index (χ1n) is 12.2. The molecule has 5 rings (SSSR count). The fraction of sp³-hybridized carbons (Fsp3) is 0.480. The monoisotopic (exact) mass is 479 g/mol. The van der Waals surface area contributed by atoms with E-state index >= 15 is 0 Å². The molecule has 0 aromatic carbocycles. The van der Waals surface area contributed by atoms with Gasteiger partial charge in [0.05, 0.1) is 30.0 Å². The number of rotatable bonds is 5. The second-order valence-electron chi connectivity index (χ2n) is 9.35.